The van der Waals surface area contributed by atoms with Gasteiger partial charge >= 0.3 is 0 Å². The molecule has 0 saturated heterocycles. The number of carbonyl (C=O) groups is 1. The van der Waals surface area contributed by atoms with Crippen molar-refractivity contribution in [1.29, 1.82) is 5.26 Å². The SMILES string of the molecule is CCc1cc(C#N)c(C(C)=O)cc1C(F)F. The smallest absolute Gasteiger partial charge is 0.264 e. The van der Waals surface area contributed by atoms with Crippen molar-refractivity contribution in [3.05, 3.63) is 34.4 Å². The average molecular weight is 223 g/mol. The molecule has 2 nitrogen and oxygen atoms in total. The molecule has 0 aromatic heterocycles. The monoisotopic (exact) mass is 223 g/mol. The summed E-state index contributed by atoms with van der Waals surface area (Å²) in [5.74, 6) is -0.374. The van der Waals surface area contributed by atoms with Crippen molar-refractivity contribution in [3.8, 4) is 6.07 Å². The number of rotatable bonds is 3. The normalized spacial score (nSPS) is 10.2. The highest BCUT2D eigenvalue weighted by atomic mass is 19.3. The van der Waals surface area contributed by atoms with Crippen molar-refractivity contribution in [2.75, 3.05) is 0 Å². The van der Waals surface area contributed by atoms with Crippen molar-refractivity contribution < 1.29 is 13.6 Å². The van der Waals surface area contributed by atoms with Crippen molar-refractivity contribution in [3.63, 3.8) is 0 Å². The van der Waals surface area contributed by atoms with E-state index in [0.29, 0.717) is 12.0 Å². The maximum absolute atomic E-state index is 12.7. The van der Waals surface area contributed by atoms with Crippen molar-refractivity contribution in [1.82, 2.24) is 0 Å². The van der Waals surface area contributed by atoms with Gasteiger partial charge in [0, 0.05) is 11.1 Å². The van der Waals surface area contributed by atoms with E-state index in [1.54, 1.807) is 6.92 Å². The summed E-state index contributed by atoms with van der Waals surface area (Å²) < 4.78 is 25.4. The van der Waals surface area contributed by atoms with E-state index in [0.717, 1.165) is 6.07 Å². The van der Waals surface area contributed by atoms with E-state index >= 15 is 0 Å². The fraction of sp³-hybridized carbons (Fsp3) is 0.333. The number of carbonyl (C=O) groups excluding carboxylic acids is 1. The first-order valence-corrected chi connectivity index (χ1v) is 4.87. The highest BCUT2D eigenvalue weighted by Gasteiger charge is 2.17. The number of halogens is 2. The lowest BCUT2D eigenvalue weighted by molar-refractivity contribution is 0.101. The van der Waals surface area contributed by atoms with Crippen molar-refractivity contribution in [2.24, 2.45) is 0 Å². The lowest BCUT2D eigenvalue weighted by atomic mass is 9.96. The standard InChI is InChI=1S/C12H11F2NO/c1-3-8-4-9(6-15)10(7(2)16)5-11(8)12(13)14/h4-5,12H,3H2,1-2H3. The molecule has 0 amide bonds. The molecule has 0 bridgehead atoms. The van der Waals surface area contributed by atoms with Gasteiger partial charge in [0.25, 0.3) is 6.43 Å². The number of nitriles is 1. The van der Waals surface area contributed by atoms with Gasteiger partial charge < -0.3 is 0 Å². The third-order valence-corrected chi connectivity index (χ3v) is 2.40. The van der Waals surface area contributed by atoms with Crippen LogP contribution in [0.3, 0.4) is 0 Å². The molecule has 0 aliphatic heterocycles. The van der Waals surface area contributed by atoms with Crippen LogP contribution in [0.25, 0.3) is 0 Å². The Labute approximate surface area is 92.5 Å². The molecule has 0 fully saturated rings. The zero-order valence-corrected chi connectivity index (χ0v) is 9.05. The van der Waals surface area contributed by atoms with Crippen LogP contribution in [0.2, 0.25) is 0 Å². The van der Waals surface area contributed by atoms with Crippen LogP contribution in [0.1, 0.15) is 47.3 Å². The van der Waals surface area contributed by atoms with Gasteiger partial charge in [-0.1, -0.05) is 6.92 Å². The van der Waals surface area contributed by atoms with Crippen LogP contribution in [0.5, 0.6) is 0 Å². The summed E-state index contributed by atoms with van der Waals surface area (Å²) in [5.41, 5.74) is 0.479. The van der Waals surface area contributed by atoms with E-state index in [2.05, 4.69) is 0 Å². The van der Waals surface area contributed by atoms with E-state index in [4.69, 9.17) is 5.26 Å². The average Bonchev–Trinajstić information content (AvgIpc) is 2.26. The number of benzene rings is 1. The molecule has 0 heterocycles. The molecular formula is C12H11F2NO. The quantitative estimate of drug-likeness (QED) is 0.738. The molecule has 16 heavy (non-hydrogen) atoms. The lowest BCUT2D eigenvalue weighted by Gasteiger charge is -2.10. The van der Waals surface area contributed by atoms with Gasteiger partial charge in [0.15, 0.2) is 5.78 Å². The minimum absolute atomic E-state index is 0.0648. The third-order valence-electron chi connectivity index (χ3n) is 2.40. The number of hydrogen-bond donors (Lipinski definition) is 0. The second-order valence-electron chi connectivity index (χ2n) is 3.42. The largest absolute Gasteiger partial charge is 0.294 e. The number of Topliss-reactive ketones (excluding diaryl/α,β-unsaturated/α-hetero) is 1. The van der Waals surface area contributed by atoms with Gasteiger partial charge in [-0.25, -0.2) is 8.78 Å². The van der Waals surface area contributed by atoms with Gasteiger partial charge in [0.1, 0.15) is 0 Å². The second-order valence-corrected chi connectivity index (χ2v) is 3.42. The van der Waals surface area contributed by atoms with Crippen molar-refractivity contribution in [2.45, 2.75) is 26.7 Å². The zero-order chi connectivity index (χ0) is 12.3. The summed E-state index contributed by atoms with van der Waals surface area (Å²) in [7, 11) is 0. The number of nitrogens with zero attached hydrogens (tertiary/aromatic N) is 1. The van der Waals surface area contributed by atoms with Crippen LogP contribution in [0.15, 0.2) is 12.1 Å². The fourth-order valence-corrected chi connectivity index (χ4v) is 1.55. The molecule has 0 atom stereocenters. The van der Waals surface area contributed by atoms with Crippen LogP contribution in [-0.4, -0.2) is 5.78 Å². The Morgan fingerprint density at radius 1 is 1.50 bits per heavy atom. The van der Waals surface area contributed by atoms with Gasteiger partial charge in [-0.3, -0.25) is 4.79 Å². The zero-order valence-electron chi connectivity index (χ0n) is 9.05. The molecule has 1 aromatic rings. The van der Waals surface area contributed by atoms with Crippen molar-refractivity contribution >= 4 is 5.78 Å². The Hall–Kier alpha value is -1.76. The summed E-state index contributed by atoms with van der Waals surface area (Å²) in [6.45, 7) is 2.99. The molecule has 1 aromatic carbocycles. The Morgan fingerprint density at radius 3 is 2.50 bits per heavy atom. The minimum Gasteiger partial charge on any atom is -0.294 e. The molecule has 0 radical (unpaired) electrons. The van der Waals surface area contributed by atoms with E-state index in [1.165, 1.54) is 13.0 Å². The fourth-order valence-electron chi connectivity index (χ4n) is 1.55. The first-order chi connectivity index (χ1) is 7.51. The molecular weight excluding hydrogens is 212 g/mol. The van der Waals surface area contributed by atoms with E-state index < -0.39 is 6.43 Å². The summed E-state index contributed by atoms with van der Waals surface area (Å²) in [4.78, 5) is 11.2. The van der Waals surface area contributed by atoms with Gasteiger partial charge in [-0.2, -0.15) is 5.26 Å². The van der Waals surface area contributed by atoms with Crippen LogP contribution >= 0.6 is 0 Å². The Morgan fingerprint density at radius 2 is 2.12 bits per heavy atom. The van der Waals surface area contributed by atoms with Crippen LogP contribution in [0.4, 0.5) is 8.78 Å². The highest BCUT2D eigenvalue weighted by Crippen LogP contribution is 2.27. The number of alkyl halides is 2. The van der Waals surface area contributed by atoms with E-state index in [-0.39, 0.29) is 22.5 Å². The number of ketones is 1. The molecule has 0 aliphatic carbocycles. The second kappa shape index (κ2) is 4.84. The molecule has 1 rings (SSSR count). The Balaban J connectivity index is 3.48. The summed E-state index contributed by atoms with van der Waals surface area (Å²) in [6.07, 6.45) is -2.22. The van der Waals surface area contributed by atoms with Gasteiger partial charge in [0.05, 0.1) is 11.6 Å². The molecule has 0 N–H and O–H groups in total. The number of aryl methyl sites for hydroxylation is 1. The molecule has 0 spiro atoms. The lowest BCUT2D eigenvalue weighted by Crippen LogP contribution is -2.03. The molecule has 0 aliphatic rings. The molecule has 0 saturated carbocycles. The van der Waals surface area contributed by atoms with Crippen LogP contribution in [0, 0.1) is 11.3 Å². The van der Waals surface area contributed by atoms with E-state index in [1.807, 2.05) is 6.07 Å². The third kappa shape index (κ3) is 2.25. The van der Waals surface area contributed by atoms with Crippen LogP contribution in [-0.2, 0) is 6.42 Å². The Kier molecular flexibility index (Phi) is 3.73. The first kappa shape index (κ1) is 12.3. The minimum atomic E-state index is -2.62. The molecule has 0 unspecified atom stereocenters. The maximum atomic E-state index is 12.7. The van der Waals surface area contributed by atoms with Gasteiger partial charge in [-0.15, -0.1) is 0 Å². The predicted octanol–water partition coefficient (Wildman–Crippen LogP) is 3.26. The van der Waals surface area contributed by atoms with Gasteiger partial charge in [-0.05, 0) is 31.0 Å². The highest BCUT2D eigenvalue weighted by molar-refractivity contribution is 5.96. The van der Waals surface area contributed by atoms with Crippen LogP contribution < -0.4 is 0 Å². The first-order valence-electron chi connectivity index (χ1n) is 4.87. The summed E-state index contributed by atoms with van der Waals surface area (Å²) in [5, 5.41) is 8.83. The summed E-state index contributed by atoms with van der Waals surface area (Å²) >= 11 is 0. The predicted molar refractivity (Wildman–Crippen MR) is 55.5 cm³/mol. The van der Waals surface area contributed by atoms with Gasteiger partial charge in [0.2, 0.25) is 0 Å². The molecule has 4 heteroatoms. The number of hydrogen-bond acceptors (Lipinski definition) is 2. The maximum Gasteiger partial charge on any atom is 0.264 e. The topological polar surface area (TPSA) is 40.9 Å². The Bertz CT molecular complexity index is 461. The molecule has 84 valence electrons. The van der Waals surface area contributed by atoms with E-state index in [9.17, 15) is 13.6 Å². The summed E-state index contributed by atoms with van der Waals surface area (Å²) in [6, 6.07) is 4.35.